The summed E-state index contributed by atoms with van der Waals surface area (Å²) >= 11 is 14.0. The number of amides is 1. The van der Waals surface area contributed by atoms with Gasteiger partial charge in [-0.05, 0) is 85.4 Å². The normalized spacial score (nSPS) is 22.9. The highest BCUT2D eigenvalue weighted by Crippen LogP contribution is 2.47. The van der Waals surface area contributed by atoms with E-state index >= 15 is 4.39 Å². The number of methoxy groups -OCH3 is 2. The Morgan fingerprint density at radius 3 is 2.50 bits per heavy atom. The van der Waals surface area contributed by atoms with Gasteiger partial charge in [-0.3, -0.25) is 14.5 Å². The third kappa shape index (κ3) is 7.30. The summed E-state index contributed by atoms with van der Waals surface area (Å²) in [5, 5.41) is 17.0. The first-order chi connectivity index (χ1) is 27.1. The summed E-state index contributed by atoms with van der Waals surface area (Å²) in [6.45, 7) is 1.78. The molecule has 2 bridgehead atoms. The van der Waals surface area contributed by atoms with Crippen molar-refractivity contribution < 1.29 is 33.3 Å². The lowest BCUT2D eigenvalue weighted by atomic mass is 9.67. The minimum Gasteiger partial charge on any atom is -0.496 e. The lowest BCUT2D eigenvalue weighted by Crippen LogP contribution is -2.56. The maximum atomic E-state index is 15.7. The molecule has 1 amide bonds. The zero-order valence-corrected chi connectivity index (χ0v) is 32.9. The summed E-state index contributed by atoms with van der Waals surface area (Å²) in [7, 11) is 3.09. The lowest BCUT2D eigenvalue weighted by molar-refractivity contribution is -0.160. The second-order valence-electron chi connectivity index (χ2n) is 15.4. The third-order valence-corrected chi connectivity index (χ3v) is 12.8. The fraction of sp³-hybridized carbons (Fsp3) is 0.419. The molecule has 2 atom stereocenters. The van der Waals surface area contributed by atoms with Crippen LogP contribution >= 0.6 is 23.2 Å². The molecule has 4 aromatic rings. The Balaban J connectivity index is 1.01. The number of piperidine rings is 2. The second kappa shape index (κ2) is 15.8. The predicted octanol–water partition coefficient (Wildman–Crippen LogP) is 8.14. The number of rotatable bonds is 13. The van der Waals surface area contributed by atoms with Gasteiger partial charge in [-0.1, -0.05) is 59.6 Å². The van der Waals surface area contributed by atoms with Crippen LogP contribution in [0.3, 0.4) is 0 Å². The van der Waals surface area contributed by atoms with Crippen LogP contribution < -0.4 is 24.8 Å². The molecule has 2 aliphatic carbocycles. The van der Waals surface area contributed by atoms with E-state index in [4.69, 9.17) is 42.4 Å². The number of carboxylic acid groups (broad SMARTS) is 1. The van der Waals surface area contributed by atoms with Crippen LogP contribution in [0.4, 0.5) is 4.39 Å². The molecule has 0 radical (unpaired) electrons. The molecule has 1 saturated carbocycles. The summed E-state index contributed by atoms with van der Waals surface area (Å²) in [6, 6.07) is 17.3. The molecule has 9 rings (SSSR count). The Morgan fingerprint density at radius 1 is 1.00 bits per heavy atom. The molecule has 0 unspecified atom stereocenters. The number of carboxylic acids is 1. The predicted molar refractivity (Wildman–Crippen MR) is 212 cm³/mol. The number of benzene rings is 3. The van der Waals surface area contributed by atoms with Gasteiger partial charge in [0, 0.05) is 66.9 Å². The van der Waals surface area contributed by atoms with Gasteiger partial charge in [0.1, 0.15) is 22.7 Å². The summed E-state index contributed by atoms with van der Waals surface area (Å²) in [6.07, 6.45) is 5.52. The van der Waals surface area contributed by atoms with Crippen LogP contribution in [0.2, 0.25) is 10.0 Å². The number of hydrogen-bond donors (Lipinski definition) is 3. The van der Waals surface area contributed by atoms with E-state index in [-0.39, 0.29) is 30.5 Å². The highest BCUT2D eigenvalue weighted by Gasteiger charge is 2.49. The van der Waals surface area contributed by atoms with Crippen LogP contribution in [0.25, 0.3) is 22.3 Å². The van der Waals surface area contributed by atoms with Gasteiger partial charge < -0.3 is 30.0 Å². The number of fused-ring (bicyclic) bond motifs is 4. The first-order valence-electron chi connectivity index (χ1n) is 19.2. The zero-order valence-electron chi connectivity index (χ0n) is 31.4. The van der Waals surface area contributed by atoms with Gasteiger partial charge in [0.15, 0.2) is 0 Å². The van der Waals surface area contributed by atoms with Crippen LogP contribution in [0, 0.1) is 11.2 Å². The van der Waals surface area contributed by atoms with E-state index in [2.05, 4.69) is 15.5 Å². The largest absolute Gasteiger partial charge is 0.496 e. The number of aliphatic carboxylic acids is 1. The first-order valence-corrected chi connectivity index (χ1v) is 20.0. The number of carbonyl (C=O) groups excluding carboxylic acids is 1. The fourth-order valence-corrected chi connectivity index (χ4v) is 9.71. The SMILES string of the molecule is COc1cc(-c2cccc(-c3cccc4c3CC[C@@H]4Oc3nc(OC)c(CN4CC5(C(=O)O)CCC4CC5)cc3Cl)c2Cl)cc(F)c1CNC[C@@H]1CCC(=O)N1. The minimum absolute atomic E-state index is 0.0329. The van der Waals surface area contributed by atoms with Crippen molar-refractivity contribution in [3.8, 4) is 39.8 Å². The molecule has 1 aromatic heterocycles. The van der Waals surface area contributed by atoms with E-state index in [1.165, 1.54) is 13.2 Å². The lowest BCUT2D eigenvalue weighted by Gasteiger charge is -2.50. The van der Waals surface area contributed by atoms with Gasteiger partial charge in [0.05, 0.1) is 24.7 Å². The van der Waals surface area contributed by atoms with Gasteiger partial charge in [0.25, 0.3) is 0 Å². The van der Waals surface area contributed by atoms with Crippen molar-refractivity contribution >= 4 is 35.1 Å². The fourth-order valence-electron chi connectivity index (χ4n) is 9.16. The highest BCUT2D eigenvalue weighted by atomic mass is 35.5. The van der Waals surface area contributed by atoms with E-state index < -0.39 is 17.2 Å². The topological polar surface area (TPSA) is 122 Å². The van der Waals surface area contributed by atoms with E-state index in [9.17, 15) is 14.7 Å². The van der Waals surface area contributed by atoms with Gasteiger partial charge in [-0.2, -0.15) is 4.98 Å². The summed E-state index contributed by atoms with van der Waals surface area (Å²) in [5.41, 5.74) is 5.68. The van der Waals surface area contributed by atoms with Crippen molar-refractivity contribution in [2.24, 2.45) is 5.41 Å². The van der Waals surface area contributed by atoms with Gasteiger partial charge in [-0.15, -0.1) is 0 Å². The molecular weight excluding hydrogens is 758 g/mol. The maximum Gasteiger partial charge on any atom is 0.310 e. The Labute approximate surface area is 335 Å². The Bertz CT molecular complexity index is 2180. The molecule has 13 heteroatoms. The Kier molecular flexibility index (Phi) is 10.9. The molecule has 4 fully saturated rings. The molecule has 3 aliphatic heterocycles. The first kappa shape index (κ1) is 38.5. The molecule has 56 heavy (non-hydrogen) atoms. The average molecular weight is 804 g/mol. The molecule has 4 heterocycles. The van der Waals surface area contributed by atoms with E-state index in [1.807, 2.05) is 42.5 Å². The van der Waals surface area contributed by atoms with Crippen LogP contribution in [0.5, 0.6) is 17.5 Å². The van der Waals surface area contributed by atoms with Crippen molar-refractivity contribution in [2.45, 2.75) is 82.6 Å². The summed E-state index contributed by atoms with van der Waals surface area (Å²) in [4.78, 5) is 30.7. The molecule has 3 aromatic carbocycles. The molecule has 10 nitrogen and oxygen atoms in total. The quantitative estimate of drug-likeness (QED) is 0.123. The van der Waals surface area contributed by atoms with Crippen LogP contribution in [-0.2, 0) is 29.1 Å². The van der Waals surface area contributed by atoms with Gasteiger partial charge in [0.2, 0.25) is 17.7 Å². The number of pyridine rings is 1. The number of hydrogen-bond acceptors (Lipinski definition) is 8. The smallest absolute Gasteiger partial charge is 0.310 e. The number of nitrogens with one attached hydrogen (secondary N) is 2. The third-order valence-electron chi connectivity index (χ3n) is 12.2. The van der Waals surface area contributed by atoms with Crippen molar-refractivity contribution in [3.05, 3.63) is 92.7 Å². The van der Waals surface area contributed by atoms with Gasteiger partial charge in [-0.25, -0.2) is 4.39 Å². The van der Waals surface area contributed by atoms with Crippen molar-refractivity contribution in [2.75, 3.05) is 27.3 Å². The summed E-state index contributed by atoms with van der Waals surface area (Å²) < 4.78 is 33.6. The second-order valence-corrected chi connectivity index (χ2v) is 16.2. The molecular formula is C43H45Cl2FN4O6. The number of aromatic nitrogens is 1. The molecule has 294 valence electrons. The van der Waals surface area contributed by atoms with Crippen molar-refractivity contribution in [3.63, 3.8) is 0 Å². The van der Waals surface area contributed by atoms with Crippen LogP contribution in [0.15, 0.2) is 54.6 Å². The highest BCUT2D eigenvalue weighted by molar-refractivity contribution is 6.36. The molecule has 3 N–H and O–H groups in total. The maximum absolute atomic E-state index is 15.7. The minimum atomic E-state index is -0.720. The molecule has 3 saturated heterocycles. The molecule has 5 aliphatic rings. The summed E-state index contributed by atoms with van der Waals surface area (Å²) in [5.74, 6) is -0.00185. The standard InChI is InChI=1S/C43H45Cl2FN4O6/c1-54-37-19-24(18-35(46)33(37)21-47-20-26-9-12-38(51)48-26)28-5-3-8-32(39(28)45)29-6-4-7-31-30(29)10-11-36(31)56-41-34(44)17-25(40(49-41)55-2)22-50-23-43(42(52)53)15-13-27(50)14-16-43/h3-8,17-19,26-27,36,47H,9-16,20-23H2,1-2H3,(H,48,51)(H,52,53)/t26-,27?,36-,43?/m0/s1. The van der Waals surface area contributed by atoms with Crippen LogP contribution in [0.1, 0.15) is 73.3 Å². The van der Waals surface area contributed by atoms with Gasteiger partial charge >= 0.3 is 5.97 Å². The molecule has 0 spiro atoms. The monoisotopic (exact) mass is 802 g/mol. The Hall–Kier alpha value is -4.42. The van der Waals surface area contributed by atoms with Crippen molar-refractivity contribution in [1.82, 2.24) is 20.5 Å². The average Bonchev–Trinajstić information content (AvgIpc) is 3.82. The number of ether oxygens (including phenoxy) is 3. The number of nitrogens with zero attached hydrogens (tertiary/aromatic N) is 2. The number of halogens is 3. The zero-order chi connectivity index (χ0) is 39.1. The number of carbonyl (C=O) groups is 2. The van der Waals surface area contributed by atoms with Crippen LogP contribution in [-0.4, -0.2) is 66.3 Å². The van der Waals surface area contributed by atoms with E-state index in [0.29, 0.717) is 89.7 Å². The Morgan fingerprint density at radius 2 is 1.77 bits per heavy atom. The van der Waals surface area contributed by atoms with Crippen molar-refractivity contribution in [1.29, 1.82) is 0 Å². The van der Waals surface area contributed by atoms with E-state index in [0.717, 1.165) is 53.5 Å². The van der Waals surface area contributed by atoms with E-state index in [1.54, 1.807) is 13.2 Å².